The monoisotopic (exact) mass is 373 g/mol. The third kappa shape index (κ3) is 4.47. The van der Waals surface area contributed by atoms with Gasteiger partial charge in [0.25, 0.3) is 0 Å². The molecule has 7 heteroatoms. The molecule has 1 aliphatic heterocycles. The fourth-order valence-electron chi connectivity index (χ4n) is 3.10. The SMILES string of the molecule is O=C1CCCN1CCCN(Cc1ccccc1)S(=O)(=O)c1cccnc1. The summed E-state index contributed by atoms with van der Waals surface area (Å²) in [5.74, 6) is 0.162. The number of hydrogen-bond acceptors (Lipinski definition) is 4. The molecule has 1 aliphatic rings. The van der Waals surface area contributed by atoms with E-state index in [2.05, 4.69) is 4.98 Å². The average molecular weight is 373 g/mol. The topological polar surface area (TPSA) is 70.6 Å². The third-order valence-electron chi connectivity index (χ3n) is 4.48. The molecule has 0 atom stereocenters. The second-order valence-electron chi connectivity index (χ2n) is 6.35. The van der Waals surface area contributed by atoms with Crippen LogP contribution in [0.2, 0.25) is 0 Å². The predicted molar refractivity (Wildman–Crippen MR) is 98.7 cm³/mol. The van der Waals surface area contributed by atoms with Gasteiger partial charge in [0.1, 0.15) is 4.90 Å². The molecule has 2 aromatic rings. The lowest BCUT2D eigenvalue weighted by atomic mass is 10.2. The van der Waals surface area contributed by atoms with Crippen molar-refractivity contribution in [1.29, 1.82) is 0 Å². The van der Waals surface area contributed by atoms with Crippen LogP contribution in [0.1, 0.15) is 24.8 Å². The summed E-state index contributed by atoms with van der Waals surface area (Å²) in [4.78, 5) is 17.7. The van der Waals surface area contributed by atoms with Gasteiger partial charge in [0.2, 0.25) is 15.9 Å². The second-order valence-corrected chi connectivity index (χ2v) is 8.29. The van der Waals surface area contributed by atoms with Crippen LogP contribution in [0.3, 0.4) is 0 Å². The van der Waals surface area contributed by atoms with Crippen molar-refractivity contribution >= 4 is 15.9 Å². The number of amides is 1. The highest BCUT2D eigenvalue weighted by molar-refractivity contribution is 7.89. The zero-order valence-electron chi connectivity index (χ0n) is 14.6. The fourth-order valence-corrected chi connectivity index (χ4v) is 4.53. The van der Waals surface area contributed by atoms with Crippen molar-refractivity contribution in [2.75, 3.05) is 19.6 Å². The Hall–Kier alpha value is -2.25. The molecule has 26 heavy (non-hydrogen) atoms. The van der Waals surface area contributed by atoms with Gasteiger partial charge in [-0.25, -0.2) is 8.42 Å². The second kappa shape index (κ2) is 8.42. The number of aromatic nitrogens is 1. The van der Waals surface area contributed by atoms with Crippen LogP contribution >= 0.6 is 0 Å². The number of pyridine rings is 1. The van der Waals surface area contributed by atoms with Crippen molar-refractivity contribution < 1.29 is 13.2 Å². The fraction of sp³-hybridized carbons (Fsp3) is 0.368. The van der Waals surface area contributed by atoms with Crippen molar-refractivity contribution in [2.45, 2.75) is 30.7 Å². The Morgan fingerprint density at radius 1 is 1.12 bits per heavy atom. The molecule has 0 saturated carbocycles. The van der Waals surface area contributed by atoms with Crippen LogP contribution in [0.4, 0.5) is 0 Å². The first-order valence-corrected chi connectivity index (χ1v) is 10.2. The van der Waals surface area contributed by atoms with E-state index < -0.39 is 10.0 Å². The first-order chi connectivity index (χ1) is 12.6. The summed E-state index contributed by atoms with van der Waals surface area (Å²) in [5, 5.41) is 0. The number of nitrogens with zero attached hydrogens (tertiary/aromatic N) is 3. The van der Waals surface area contributed by atoms with Gasteiger partial charge >= 0.3 is 0 Å². The molecular formula is C19H23N3O3S. The van der Waals surface area contributed by atoms with Gasteiger partial charge in [0.15, 0.2) is 0 Å². The van der Waals surface area contributed by atoms with Crippen molar-refractivity contribution in [2.24, 2.45) is 0 Å². The third-order valence-corrected chi connectivity index (χ3v) is 6.31. The molecule has 3 rings (SSSR count). The zero-order chi connectivity index (χ0) is 18.4. The van der Waals surface area contributed by atoms with Gasteiger partial charge in [0.05, 0.1) is 0 Å². The Labute approximate surface area is 154 Å². The molecule has 1 saturated heterocycles. The first-order valence-electron chi connectivity index (χ1n) is 8.79. The van der Waals surface area contributed by atoms with Gasteiger partial charge in [-0.3, -0.25) is 9.78 Å². The van der Waals surface area contributed by atoms with E-state index >= 15 is 0 Å². The van der Waals surface area contributed by atoms with Crippen LogP contribution in [0.25, 0.3) is 0 Å². The minimum absolute atomic E-state index is 0.162. The van der Waals surface area contributed by atoms with E-state index in [1.165, 1.54) is 10.5 Å². The molecule has 0 bridgehead atoms. The molecule has 0 N–H and O–H groups in total. The van der Waals surface area contributed by atoms with Crippen molar-refractivity contribution in [3.63, 3.8) is 0 Å². The smallest absolute Gasteiger partial charge is 0.244 e. The molecule has 0 spiro atoms. The van der Waals surface area contributed by atoms with E-state index in [9.17, 15) is 13.2 Å². The highest BCUT2D eigenvalue weighted by atomic mass is 32.2. The number of carbonyl (C=O) groups excluding carboxylic acids is 1. The molecule has 1 fully saturated rings. The highest BCUT2D eigenvalue weighted by Gasteiger charge is 2.26. The Kier molecular flexibility index (Phi) is 6.00. The van der Waals surface area contributed by atoms with Crippen LogP contribution < -0.4 is 0 Å². The Bertz CT molecular complexity index is 826. The molecule has 6 nitrogen and oxygen atoms in total. The van der Waals surface area contributed by atoms with E-state index in [1.54, 1.807) is 18.3 Å². The summed E-state index contributed by atoms with van der Waals surface area (Å²) in [6, 6.07) is 12.7. The summed E-state index contributed by atoms with van der Waals surface area (Å²) in [5.41, 5.74) is 0.928. The minimum Gasteiger partial charge on any atom is -0.343 e. The standard InChI is InChI=1S/C19H23N3O3S/c23-19-10-5-12-21(19)13-6-14-22(16-17-7-2-1-3-8-17)26(24,25)18-9-4-11-20-15-18/h1-4,7-9,11,15H,5-6,10,12-14,16H2. The number of carbonyl (C=O) groups is 1. The van der Waals surface area contributed by atoms with Crippen LogP contribution in [0.5, 0.6) is 0 Å². The van der Waals surface area contributed by atoms with Gasteiger partial charge in [-0.1, -0.05) is 30.3 Å². The maximum Gasteiger partial charge on any atom is 0.244 e. The lowest BCUT2D eigenvalue weighted by molar-refractivity contribution is -0.127. The number of hydrogen-bond donors (Lipinski definition) is 0. The molecular weight excluding hydrogens is 350 g/mol. The molecule has 0 unspecified atom stereocenters. The summed E-state index contributed by atoms with van der Waals surface area (Å²) in [7, 11) is -3.64. The summed E-state index contributed by atoms with van der Waals surface area (Å²) >= 11 is 0. The largest absolute Gasteiger partial charge is 0.343 e. The molecule has 1 amide bonds. The maximum absolute atomic E-state index is 13.0. The van der Waals surface area contributed by atoms with Gasteiger partial charge in [-0.05, 0) is 30.5 Å². The summed E-state index contributed by atoms with van der Waals surface area (Å²) in [6.45, 7) is 2.02. The van der Waals surface area contributed by atoms with Crippen LogP contribution in [-0.2, 0) is 21.4 Å². The number of sulfonamides is 1. The highest BCUT2D eigenvalue weighted by Crippen LogP contribution is 2.18. The first kappa shape index (κ1) is 18.5. The van der Waals surface area contributed by atoms with Crippen molar-refractivity contribution in [3.8, 4) is 0 Å². The Balaban J connectivity index is 1.74. The van der Waals surface area contributed by atoms with Gasteiger partial charge in [-0.15, -0.1) is 0 Å². The van der Waals surface area contributed by atoms with Crippen LogP contribution in [-0.4, -0.2) is 48.1 Å². The van der Waals surface area contributed by atoms with Gasteiger partial charge in [0, 0.05) is 45.0 Å². The number of likely N-dealkylation sites (tertiary alicyclic amines) is 1. The van der Waals surface area contributed by atoms with E-state index in [0.717, 1.165) is 18.5 Å². The molecule has 1 aromatic carbocycles. The zero-order valence-corrected chi connectivity index (χ0v) is 15.4. The summed E-state index contributed by atoms with van der Waals surface area (Å²) in [6.07, 6.45) is 5.02. The predicted octanol–water partition coefficient (Wildman–Crippen LogP) is 2.29. The maximum atomic E-state index is 13.0. The lowest BCUT2D eigenvalue weighted by Crippen LogP contribution is -2.34. The Morgan fingerprint density at radius 3 is 2.58 bits per heavy atom. The van der Waals surface area contributed by atoms with E-state index in [0.29, 0.717) is 32.5 Å². The normalized spacial score (nSPS) is 15.0. The number of rotatable bonds is 8. The van der Waals surface area contributed by atoms with Crippen molar-refractivity contribution in [3.05, 3.63) is 60.4 Å². The van der Waals surface area contributed by atoms with Crippen LogP contribution in [0, 0.1) is 0 Å². The van der Waals surface area contributed by atoms with Crippen molar-refractivity contribution in [1.82, 2.24) is 14.2 Å². The molecule has 1 aromatic heterocycles. The van der Waals surface area contributed by atoms with E-state index in [1.807, 2.05) is 35.2 Å². The van der Waals surface area contributed by atoms with E-state index in [-0.39, 0.29) is 10.8 Å². The number of benzene rings is 1. The van der Waals surface area contributed by atoms with Gasteiger partial charge in [-0.2, -0.15) is 4.31 Å². The quantitative estimate of drug-likeness (QED) is 0.712. The lowest BCUT2D eigenvalue weighted by Gasteiger charge is -2.24. The summed E-state index contributed by atoms with van der Waals surface area (Å²) < 4.78 is 27.5. The van der Waals surface area contributed by atoms with Crippen LogP contribution in [0.15, 0.2) is 59.8 Å². The minimum atomic E-state index is -3.64. The molecule has 138 valence electrons. The average Bonchev–Trinajstić information content (AvgIpc) is 3.07. The van der Waals surface area contributed by atoms with Gasteiger partial charge < -0.3 is 4.90 Å². The Morgan fingerprint density at radius 2 is 1.92 bits per heavy atom. The molecule has 0 radical (unpaired) electrons. The van der Waals surface area contributed by atoms with E-state index in [4.69, 9.17) is 0 Å². The molecule has 0 aliphatic carbocycles. The molecule has 2 heterocycles.